The summed E-state index contributed by atoms with van der Waals surface area (Å²) >= 11 is 1.89. The monoisotopic (exact) mass is 1650 g/mol. The van der Waals surface area contributed by atoms with Crippen molar-refractivity contribution in [2.45, 2.75) is 6.92 Å². The van der Waals surface area contributed by atoms with Crippen LogP contribution in [0.15, 0.2) is 467 Å². The molecule has 0 saturated carbocycles. The minimum atomic E-state index is 1.17. The molecule has 7 aromatic heterocycles. The van der Waals surface area contributed by atoms with Crippen LogP contribution in [0.3, 0.4) is 0 Å². The van der Waals surface area contributed by atoms with Crippen molar-refractivity contribution in [3.8, 4) is 78.6 Å². The van der Waals surface area contributed by atoms with Crippen LogP contribution in [0.1, 0.15) is 5.56 Å². The highest BCUT2D eigenvalue weighted by molar-refractivity contribution is 7.26. The van der Waals surface area contributed by atoms with Gasteiger partial charge in [0, 0.05) is 119 Å². The molecular weight excluding hydrogens is 1570 g/mol. The predicted molar refractivity (Wildman–Crippen MR) is 545 cm³/mol. The van der Waals surface area contributed by atoms with Gasteiger partial charge in [0.15, 0.2) is 0 Å². The van der Waals surface area contributed by atoms with E-state index < -0.39 is 0 Å². The highest BCUT2D eigenvalue weighted by Gasteiger charge is 2.23. The Morgan fingerprint density at radius 3 is 0.672 bits per heavy atom. The molecule has 27 aromatic rings. The van der Waals surface area contributed by atoms with Gasteiger partial charge in [-0.2, -0.15) is 0 Å². The summed E-state index contributed by atoms with van der Waals surface area (Å²) in [6.45, 7) is 2.15. The summed E-state index contributed by atoms with van der Waals surface area (Å²) in [5.41, 5.74) is 32.9. The van der Waals surface area contributed by atoms with Gasteiger partial charge in [0.2, 0.25) is 0 Å². The van der Waals surface area contributed by atoms with Crippen LogP contribution < -0.4 is 0 Å². The molecule has 0 bridgehead atoms. The molecule has 0 aliphatic carbocycles. The SMILES string of the molecule is Cc1cccc(-n2c3ccccc3c3cc(-c4ccc5c(c4)c4ccccc4n5-c4ccccc4)ccc32)c1.c1ccc(-n2c3ccccc3c3cc(-c4ccc5c(c4)c4cc(-c6cccc7c6sc6ccccc67)ccc4n5-c4ccccc4)ccc32)cc1.c1ccc(-n2c3ccccc3c3cc(-c4ccc5c(c4)c4ccccc4n5-c4ccccc4)ccc32)cc1. The van der Waals surface area contributed by atoms with E-state index in [1.807, 2.05) is 11.3 Å². The number of nitrogens with zero attached hydrogens (tertiary/aromatic N) is 6. The van der Waals surface area contributed by atoms with E-state index >= 15 is 0 Å². The third-order valence-electron chi connectivity index (χ3n) is 26.2. The lowest BCUT2D eigenvalue weighted by Gasteiger charge is -2.10. The van der Waals surface area contributed by atoms with Gasteiger partial charge >= 0.3 is 0 Å². The smallest absolute Gasteiger partial charge is 0.0541 e. The van der Waals surface area contributed by atoms with Gasteiger partial charge in [0.05, 0.1) is 66.2 Å². The molecule has 6 nitrogen and oxygen atoms in total. The van der Waals surface area contributed by atoms with E-state index in [-0.39, 0.29) is 0 Å². The Balaban J connectivity index is 0.000000106. The molecule has 0 aliphatic heterocycles. The van der Waals surface area contributed by atoms with Gasteiger partial charge in [-0.05, 0) is 251 Å². The zero-order chi connectivity index (χ0) is 84.4. The van der Waals surface area contributed by atoms with Crippen LogP contribution in [0.5, 0.6) is 0 Å². The highest BCUT2D eigenvalue weighted by atomic mass is 32.1. The van der Waals surface area contributed by atoms with Gasteiger partial charge in [-0.15, -0.1) is 11.3 Å². The Kier molecular flexibility index (Phi) is 17.6. The zero-order valence-electron chi connectivity index (χ0n) is 70.0. The number of benzene rings is 20. The Labute approximate surface area is 742 Å². The molecule has 20 aromatic carbocycles. The van der Waals surface area contributed by atoms with Crippen LogP contribution in [-0.4, -0.2) is 27.4 Å². The van der Waals surface area contributed by atoms with Crippen molar-refractivity contribution in [1.29, 1.82) is 0 Å². The van der Waals surface area contributed by atoms with E-state index in [2.05, 4.69) is 501 Å². The zero-order valence-corrected chi connectivity index (χ0v) is 70.9. The molecule has 0 atom stereocenters. The topological polar surface area (TPSA) is 29.6 Å². The number of aryl methyl sites for hydroxylation is 1. The first kappa shape index (κ1) is 74.1. The van der Waals surface area contributed by atoms with Crippen LogP contribution in [-0.2, 0) is 0 Å². The van der Waals surface area contributed by atoms with Crippen LogP contribution >= 0.6 is 11.3 Å². The maximum atomic E-state index is 2.41. The second-order valence-electron chi connectivity index (χ2n) is 33.5. The molecule has 27 rings (SSSR count). The maximum absolute atomic E-state index is 2.41. The molecule has 128 heavy (non-hydrogen) atoms. The molecular formula is C121H80N6S. The van der Waals surface area contributed by atoms with Crippen molar-refractivity contribution < 1.29 is 0 Å². The summed E-state index contributed by atoms with van der Waals surface area (Å²) in [6, 6.07) is 170. The van der Waals surface area contributed by atoms with E-state index in [4.69, 9.17) is 0 Å². The Morgan fingerprint density at radius 1 is 0.148 bits per heavy atom. The summed E-state index contributed by atoms with van der Waals surface area (Å²) in [4.78, 5) is 0. The van der Waals surface area contributed by atoms with Crippen molar-refractivity contribution in [3.63, 3.8) is 0 Å². The van der Waals surface area contributed by atoms with Crippen molar-refractivity contribution in [2.75, 3.05) is 0 Å². The molecule has 0 radical (unpaired) electrons. The number of para-hydroxylation sites is 10. The molecule has 600 valence electrons. The molecule has 0 unspecified atom stereocenters. The van der Waals surface area contributed by atoms with Gasteiger partial charge in [0.1, 0.15) is 0 Å². The van der Waals surface area contributed by atoms with E-state index in [1.165, 1.54) is 235 Å². The normalized spacial score (nSPS) is 11.8. The van der Waals surface area contributed by atoms with Crippen LogP contribution in [0.25, 0.3) is 230 Å². The molecule has 7 heterocycles. The number of aromatic nitrogens is 6. The minimum absolute atomic E-state index is 1.17. The summed E-state index contributed by atoms with van der Waals surface area (Å²) in [5.74, 6) is 0. The van der Waals surface area contributed by atoms with Crippen molar-refractivity contribution in [1.82, 2.24) is 27.4 Å². The highest BCUT2D eigenvalue weighted by Crippen LogP contribution is 2.47. The average Bonchev–Trinajstić information content (AvgIpc) is 1.45. The molecule has 0 saturated heterocycles. The standard InChI is InChI=1S/C48H30N2S.C37H26N2.C36H24N2/c1-3-12-34(13-4-1)49-43-20-9-7-16-37(43)40-28-31(22-25-44(40)49)32-23-26-45-41(29-32)42-30-33(24-27-46(42)50(45)35-14-5-2-6-15-35)36-18-11-19-39-38-17-8-10-21-47(38)51-48(36)39;1-25-10-9-13-29(22-25)39-35-17-8-6-15-31(35)33-24-27(19-21-37(33)39)26-18-20-36-32(23-26)30-14-5-7-16-34(30)38(36)28-11-3-2-4-12-28;1-3-11-27(12-4-1)37-33-17-9-7-15-29(33)31-23-25(19-21-35(31)37)26-20-22-36-32(24-26)30-16-8-10-18-34(30)38(36)28-13-5-2-6-14-28/h1-30H;2-24H,1H3;1-24H. The Bertz CT molecular complexity index is 8920. The van der Waals surface area contributed by atoms with Gasteiger partial charge in [0.25, 0.3) is 0 Å². The predicted octanol–water partition coefficient (Wildman–Crippen LogP) is 33.0. The van der Waals surface area contributed by atoms with Gasteiger partial charge < -0.3 is 27.4 Å². The molecule has 7 heteroatoms. The molecule has 0 fully saturated rings. The number of fused-ring (bicyclic) bond motifs is 21. The van der Waals surface area contributed by atoms with Crippen LogP contribution in [0.4, 0.5) is 0 Å². The number of rotatable bonds is 10. The maximum Gasteiger partial charge on any atom is 0.0541 e. The third kappa shape index (κ3) is 12.2. The fraction of sp³-hybridized carbons (Fsp3) is 0.00826. The van der Waals surface area contributed by atoms with Gasteiger partial charge in [-0.3, -0.25) is 0 Å². The number of hydrogen-bond donors (Lipinski definition) is 0. The van der Waals surface area contributed by atoms with E-state index in [0.717, 1.165) is 0 Å². The second-order valence-corrected chi connectivity index (χ2v) is 34.6. The van der Waals surface area contributed by atoms with E-state index in [1.54, 1.807) is 0 Å². The summed E-state index contributed by atoms with van der Waals surface area (Å²) in [5, 5.41) is 17.9. The number of thiophene rings is 1. The van der Waals surface area contributed by atoms with Crippen LogP contribution in [0, 0.1) is 6.92 Å². The quantitative estimate of drug-likeness (QED) is 0.131. The number of hydrogen-bond acceptors (Lipinski definition) is 1. The van der Waals surface area contributed by atoms with Gasteiger partial charge in [-0.1, -0.05) is 273 Å². The van der Waals surface area contributed by atoms with Crippen molar-refractivity contribution in [2.24, 2.45) is 0 Å². The minimum Gasteiger partial charge on any atom is -0.309 e. The molecule has 0 aliphatic rings. The molecule has 0 N–H and O–H groups in total. The first-order chi connectivity index (χ1) is 63.4. The average molecular weight is 1650 g/mol. The largest absolute Gasteiger partial charge is 0.309 e. The van der Waals surface area contributed by atoms with Crippen LogP contribution in [0.2, 0.25) is 0 Å². The van der Waals surface area contributed by atoms with Crippen molar-refractivity contribution in [3.05, 3.63) is 473 Å². The van der Waals surface area contributed by atoms with E-state index in [0.29, 0.717) is 0 Å². The summed E-state index contributed by atoms with van der Waals surface area (Å²) in [7, 11) is 0. The Morgan fingerprint density at radius 2 is 0.367 bits per heavy atom. The van der Waals surface area contributed by atoms with E-state index in [9.17, 15) is 0 Å². The first-order valence-electron chi connectivity index (χ1n) is 43.9. The third-order valence-corrected chi connectivity index (χ3v) is 27.4. The van der Waals surface area contributed by atoms with Crippen molar-refractivity contribution >= 4 is 162 Å². The van der Waals surface area contributed by atoms with Gasteiger partial charge in [-0.25, -0.2) is 0 Å². The summed E-state index contributed by atoms with van der Waals surface area (Å²) < 4.78 is 16.9. The Hall–Kier alpha value is -16.6. The lowest BCUT2D eigenvalue weighted by atomic mass is 9.98. The fourth-order valence-electron chi connectivity index (χ4n) is 20.4. The second kappa shape index (κ2) is 30.4. The lowest BCUT2D eigenvalue weighted by Crippen LogP contribution is -1.94. The molecule has 0 amide bonds. The molecule has 0 spiro atoms. The first-order valence-corrected chi connectivity index (χ1v) is 44.7. The fourth-order valence-corrected chi connectivity index (χ4v) is 21.7. The lowest BCUT2D eigenvalue weighted by molar-refractivity contribution is 1.17. The summed E-state index contributed by atoms with van der Waals surface area (Å²) in [6.07, 6.45) is 0.